The van der Waals surface area contributed by atoms with Crippen LogP contribution in [0, 0.1) is 6.92 Å². The number of furan rings is 1. The highest BCUT2D eigenvalue weighted by Crippen LogP contribution is 2.29. The summed E-state index contributed by atoms with van der Waals surface area (Å²) in [6.07, 6.45) is 0. The summed E-state index contributed by atoms with van der Waals surface area (Å²) < 4.78 is 38.9. The molecule has 6 nitrogen and oxygen atoms in total. The highest BCUT2D eigenvalue weighted by molar-refractivity contribution is 9.10. The quantitative estimate of drug-likeness (QED) is 0.594. The number of benzene rings is 2. The second-order valence-electron chi connectivity index (χ2n) is 5.55. The molecular formula is C18H16BrNO5S. The van der Waals surface area contributed by atoms with Crippen molar-refractivity contribution in [2.75, 3.05) is 11.3 Å². The van der Waals surface area contributed by atoms with Gasteiger partial charge in [-0.2, -0.15) is 0 Å². The SMILES string of the molecule is CCOC(=O)c1oc2ccc(NS(=O)(=O)c3ccc(Br)cc3)cc2c1C. The minimum Gasteiger partial charge on any atom is -0.460 e. The highest BCUT2D eigenvalue weighted by Gasteiger charge is 2.20. The Kier molecular flexibility index (Phi) is 5.06. The van der Waals surface area contributed by atoms with Gasteiger partial charge in [0.2, 0.25) is 5.76 Å². The second kappa shape index (κ2) is 7.13. The van der Waals surface area contributed by atoms with E-state index in [1.807, 2.05) is 0 Å². The molecule has 0 atom stereocenters. The summed E-state index contributed by atoms with van der Waals surface area (Å²) in [7, 11) is -3.72. The summed E-state index contributed by atoms with van der Waals surface area (Å²) in [6, 6.07) is 11.2. The zero-order chi connectivity index (χ0) is 18.9. The third-order valence-corrected chi connectivity index (χ3v) is 5.70. The van der Waals surface area contributed by atoms with E-state index < -0.39 is 16.0 Å². The molecule has 8 heteroatoms. The third kappa shape index (κ3) is 3.61. The van der Waals surface area contributed by atoms with Crippen LogP contribution in [0.25, 0.3) is 11.0 Å². The van der Waals surface area contributed by atoms with Crippen molar-refractivity contribution in [2.24, 2.45) is 0 Å². The number of hydrogen-bond acceptors (Lipinski definition) is 5. The average Bonchev–Trinajstić information content (AvgIpc) is 2.92. The number of halogens is 1. The van der Waals surface area contributed by atoms with E-state index in [4.69, 9.17) is 9.15 Å². The number of fused-ring (bicyclic) bond motifs is 1. The summed E-state index contributed by atoms with van der Waals surface area (Å²) >= 11 is 3.28. The molecule has 3 rings (SSSR count). The van der Waals surface area contributed by atoms with Crippen LogP contribution >= 0.6 is 15.9 Å². The molecule has 2 aromatic carbocycles. The van der Waals surface area contributed by atoms with Crippen molar-refractivity contribution in [1.82, 2.24) is 0 Å². The molecule has 0 spiro atoms. The number of anilines is 1. The minimum absolute atomic E-state index is 0.120. The Labute approximate surface area is 159 Å². The molecule has 0 aliphatic rings. The molecule has 0 radical (unpaired) electrons. The zero-order valence-corrected chi connectivity index (χ0v) is 16.5. The van der Waals surface area contributed by atoms with Gasteiger partial charge in [0.15, 0.2) is 0 Å². The van der Waals surface area contributed by atoms with Gasteiger partial charge in [-0.05, 0) is 56.3 Å². The molecule has 0 unspecified atom stereocenters. The Morgan fingerprint density at radius 3 is 2.54 bits per heavy atom. The molecule has 0 bridgehead atoms. The lowest BCUT2D eigenvalue weighted by molar-refractivity contribution is 0.0491. The molecule has 3 aromatic rings. The van der Waals surface area contributed by atoms with E-state index in [0.717, 1.165) is 4.47 Å². The van der Waals surface area contributed by atoms with E-state index in [2.05, 4.69) is 20.7 Å². The van der Waals surface area contributed by atoms with E-state index >= 15 is 0 Å². The van der Waals surface area contributed by atoms with Gasteiger partial charge in [-0.25, -0.2) is 13.2 Å². The van der Waals surface area contributed by atoms with Gasteiger partial charge in [-0.15, -0.1) is 0 Å². The van der Waals surface area contributed by atoms with E-state index in [0.29, 0.717) is 22.2 Å². The van der Waals surface area contributed by atoms with E-state index in [9.17, 15) is 13.2 Å². The van der Waals surface area contributed by atoms with E-state index in [1.165, 1.54) is 12.1 Å². The van der Waals surface area contributed by atoms with Crippen molar-refractivity contribution < 1.29 is 22.4 Å². The van der Waals surface area contributed by atoms with Gasteiger partial charge < -0.3 is 9.15 Å². The summed E-state index contributed by atoms with van der Waals surface area (Å²) in [5, 5.41) is 0.643. The number of nitrogens with one attached hydrogen (secondary N) is 1. The number of carbonyl (C=O) groups excluding carboxylic acids is 1. The van der Waals surface area contributed by atoms with Gasteiger partial charge in [-0.1, -0.05) is 15.9 Å². The maximum atomic E-state index is 12.5. The summed E-state index contributed by atoms with van der Waals surface area (Å²) in [6.45, 7) is 3.68. The fraction of sp³-hybridized carbons (Fsp3) is 0.167. The number of carbonyl (C=O) groups is 1. The maximum absolute atomic E-state index is 12.5. The Bertz CT molecular complexity index is 1070. The van der Waals surface area contributed by atoms with Crippen LogP contribution in [0.5, 0.6) is 0 Å². The van der Waals surface area contributed by atoms with Gasteiger partial charge in [0, 0.05) is 21.1 Å². The summed E-state index contributed by atoms with van der Waals surface area (Å²) in [5.41, 5.74) is 1.46. The standard InChI is InChI=1S/C18H16BrNO5S/c1-3-24-18(21)17-11(2)15-10-13(6-9-16(15)25-17)20-26(22,23)14-7-4-12(19)5-8-14/h4-10,20H,3H2,1-2H3. The molecule has 0 saturated heterocycles. The second-order valence-corrected chi connectivity index (χ2v) is 8.15. The Hall–Kier alpha value is -2.32. The largest absolute Gasteiger partial charge is 0.460 e. The van der Waals surface area contributed by atoms with Gasteiger partial charge in [0.25, 0.3) is 10.0 Å². The van der Waals surface area contributed by atoms with Crippen molar-refractivity contribution in [3.63, 3.8) is 0 Å². The predicted molar refractivity (Wildman–Crippen MR) is 102 cm³/mol. The summed E-state index contributed by atoms with van der Waals surface area (Å²) in [5.74, 6) is -0.423. The van der Waals surface area contributed by atoms with Gasteiger partial charge >= 0.3 is 5.97 Å². The predicted octanol–water partition coefficient (Wildman–Crippen LogP) is 4.48. The molecule has 0 fully saturated rings. The maximum Gasteiger partial charge on any atom is 0.374 e. The lowest BCUT2D eigenvalue weighted by Gasteiger charge is -2.08. The fourth-order valence-electron chi connectivity index (χ4n) is 2.50. The first-order chi connectivity index (χ1) is 12.3. The fourth-order valence-corrected chi connectivity index (χ4v) is 3.82. The van der Waals surface area contributed by atoms with E-state index in [-0.39, 0.29) is 17.3 Å². The van der Waals surface area contributed by atoms with E-state index in [1.54, 1.807) is 44.2 Å². The monoisotopic (exact) mass is 437 g/mol. The third-order valence-electron chi connectivity index (χ3n) is 3.77. The topological polar surface area (TPSA) is 85.6 Å². The highest BCUT2D eigenvalue weighted by atomic mass is 79.9. The molecule has 0 saturated carbocycles. The van der Waals surface area contributed by atoms with Crippen molar-refractivity contribution in [1.29, 1.82) is 0 Å². The van der Waals surface area contributed by atoms with Crippen LogP contribution in [-0.4, -0.2) is 21.0 Å². The molecule has 136 valence electrons. The lowest BCUT2D eigenvalue weighted by Crippen LogP contribution is -2.12. The number of aryl methyl sites for hydroxylation is 1. The van der Waals surface area contributed by atoms with Gasteiger partial charge in [-0.3, -0.25) is 4.72 Å². The Balaban J connectivity index is 1.95. The smallest absolute Gasteiger partial charge is 0.374 e. The van der Waals surface area contributed by atoms with Gasteiger partial charge in [0.1, 0.15) is 5.58 Å². The molecule has 0 amide bonds. The van der Waals surface area contributed by atoms with Crippen LogP contribution in [0.1, 0.15) is 23.0 Å². The van der Waals surface area contributed by atoms with Crippen LogP contribution in [0.3, 0.4) is 0 Å². The first-order valence-corrected chi connectivity index (χ1v) is 10.1. The number of rotatable bonds is 5. The molecule has 26 heavy (non-hydrogen) atoms. The molecule has 1 heterocycles. The number of sulfonamides is 1. The van der Waals surface area contributed by atoms with Crippen molar-refractivity contribution in [3.05, 3.63) is 58.3 Å². The number of esters is 1. The van der Waals surface area contributed by atoms with Crippen LogP contribution in [0.2, 0.25) is 0 Å². The summed E-state index contributed by atoms with van der Waals surface area (Å²) in [4.78, 5) is 12.1. The molecule has 0 aliphatic carbocycles. The first kappa shape index (κ1) is 18.5. The Morgan fingerprint density at radius 1 is 1.19 bits per heavy atom. The first-order valence-electron chi connectivity index (χ1n) is 7.80. The van der Waals surface area contributed by atoms with Crippen LogP contribution in [-0.2, 0) is 14.8 Å². The normalized spacial score (nSPS) is 11.5. The minimum atomic E-state index is -3.72. The number of hydrogen-bond donors (Lipinski definition) is 1. The van der Waals surface area contributed by atoms with Crippen LogP contribution in [0.15, 0.2) is 56.2 Å². The molecule has 1 N–H and O–H groups in total. The van der Waals surface area contributed by atoms with Crippen LogP contribution in [0.4, 0.5) is 5.69 Å². The van der Waals surface area contributed by atoms with Crippen molar-refractivity contribution >= 4 is 48.6 Å². The molecular weight excluding hydrogens is 422 g/mol. The average molecular weight is 438 g/mol. The van der Waals surface area contributed by atoms with Crippen LogP contribution < -0.4 is 4.72 Å². The molecule has 0 aliphatic heterocycles. The zero-order valence-electron chi connectivity index (χ0n) is 14.1. The Morgan fingerprint density at radius 2 is 1.88 bits per heavy atom. The van der Waals surface area contributed by atoms with Crippen molar-refractivity contribution in [2.45, 2.75) is 18.7 Å². The van der Waals surface area contributed by atoms with Crippen molar-refractivity contribution in [3.8, 4) is 0 Å². The lowest BCUT2D eigenvalue weighted by atomic mass is 10.1. The van der Waals surface area contributed by atoms with Gasteiger partial charge in [0.05, 0.1) is 11.5 Å². The number of ether oxygens (including phenoxy) is 1. The molecule has 1 aromatic heterocycles.